The smallest absolute Gasteiger partial charge is 0.411 e. The third-order valence-electron chi connectivity index (χ3n) is 4.81. The van der Waals surface area contributed by atoms with Crippen molar-refractivity contribution in [3.63, 3.8) is 0 Å². The van der Waals surface area contributed by atoms with Crippen molar-refractivity contribution in [2.45, 2.75) is 44.7 Å². The maximum Gasteiger partial charge on any atom is 0.411 e. The monoisotopic (exact) mass is 374 g/mol. The Labute approximate surface area is 158 Å². The summed E-state index contributed by atoms with van der Waals surface area (Å²) in [4.78, 5) is 22.5. The molecule has 0 unspecified atom stereocenters. The lowest BCUT2D eigenvalue weighted by Crippen LogP contribution is -2.58. The van der Waals surface area contributed by atoms with E-state index in [0.29, 0.717) is 17.4 Å². The van der Waals surface area contributed by atoms with Crippen LogP contribution in [0.4, 0.5) is 16.2 Å². The highest BCUT2D eigenvalue weighted by atomic mass is 16.5. The molecule has 2 aliphatic rings. The van der Waals surface area contributed by atoms with E-state index >= 15 is 0 Å². The third-order valence-corrected chi connectivity index (χ3v) is 4.81. The van der Waals surface area contributed by atoms with Gasteiger partial charge in [-0.05, 0) is 44.7 Å². The van der Waals surface area contributed by atoms with E-state index in [1.807, 2.05) is 11.0 Å². The molecular formula is C18H26N6O3. The molecule has 1 aromatic carbocycles. The number of rotatable bonds is 4. The minimum Gasteiger partial charge on any atom is -0.494 e. The zero-order valence-electron chi connectivity index (χ0n) is 15.7. The van der Waals surface area contributed by atoms with Crippen LogP contribution in [0.25, 0.3) is 0 Å². The summed E-state index contributed by atoms with van der Waals surface area (Å²) in [6.45, 7) is 2.03. The summed E-state index contributed by atoms with van der Waals surface area (Å²) in [6.07, 6.45) is 4.39. The lowest BCUT2D eigenvalue weighted by Gasteiger charge is -2.45. The molecule has 0 saturated heterocycles. The minimum absolute atomic E-state index is 0.207. The van der Waals surface area contributed by atoms with Gasteiger partial charge in [0.25, 0.3) is 0 Å². The van der Waals surface area contributed by atoms with Crippen molar-refractivity contribution in [2.24, 2.45) is 21.5 Å². The van der Waals surface area contributed by atoms with Gasteiger partial charge in [0.05, 0.1) is 25.1 Å². The Kier molecular flexibility index (Phi) is 5.38. The average molecular weight is 374 g/mol. The Morgan fingerprint density at radius 2 is 2.04 bits per heavy atom. The summed E-state index contributed by atoms with van der Waals surface area (Å²) in [7, 11) is 1.54. The van der Waals surface area contributed by atoms with Gasteiger partial charge >= 0.3 is 6.09 Å². The fourth-order valence-electron chi connectivity index (χ4n) is 3.69. The summed E-state index contributed by atoms with van der Waals surface area (Å²) >= 11 is 0. The second-order valence-electron chi connectivity index (χ2n) is 6.55. The van der Waals surface area contributed by atoms with Crippen LogP contribution in [-0.4, -0.2) is 37.4 Å². The van der Waals surface area contributed by atoms with Gasteiger partial charge in [0.2, 0.25) is 11.9 Å². The Hall–Kier alpha value is -2.97. The van der Waals surface area contributed by atoms with E-state index < -0.39 is 11.8 Å². The molecule has 1 aromatic rings. The number of aliphatic imine (C=N–C) groups is 2. The molecular weight excluding hydrogens is 348 g/mol. The molecule has 1 fully saturated rings. The Morgan fingerprint density at radius 1 is 1.30 bits per heavy atom. The van der Waals surface area contributed by atoms with Crippen molar-refractivity contribution in [2.75, 3.05) is 23.9 Å². The molecule has 0 radical (unpaired) electrons. The summed E-state index contributed by atoms with van der Waals surface area (Å²) in [5, 5.41) is 2.67. The van der Waals surface area contributed by atoms with Crippen molar-refractivity contribution in [1.82, 2.24) is 0 Å². The SMILES string of the molecule is CCOC(=O)Nc1ccc(N2C(N)=NC(N)=NC23CCCCC3)cc1OC. The van der Waals surface area contributed by atoms with Gasteiger partial charge in [0.15, 0.2) is 0 Å². The van der Waals surface area contributed by atoms with E-state index in [-0.39, 0.29) is 12.6 Å². The predicted molar refractivity (Wildman–Crippen MR) is 105 cm³/mol. The fourth-order valence-corrected chi connectivity index (χ4v) is 3.69. The van der Waals surface area contributed by atoms with Gasteiger partial charge in [-0.3, -0.25) is 10.2 Å². The first-order valence-electron chi connectivity index (χ1n) is 9.10. The number of guanidine groups is 2. The minimum atomic E-state index is -0.538. The molecule has 27 heavy (non-hydrogen) atoms. The zero-order chi connectivity index (χ0) is 19.4. The van der Waals surface area contributed by atoms with Crippen LogP contribution >= 0.6 is 0 Å². The Morgan fingerprint density at radius 3 is 2.70 bits per heavy atom. The number of carbonyl (C=O) groups excluding carboxylic acids is 1. The van der Waals surface area contributed by atoms with Crippen molar-refractivity contribution >= 4 is 29.4 Å². The van der Waals surface area contributed by atoms with Crippen LogP contribution in [0.15, 0.2) is 28.2 Å². The quantitative estimate of drug-likeness (QED) is 0.742. The maximum absolute atomic E-state index is 11.7. The first kappa shape index (κ1) is 18.8. The van der Waals surface area contributed by atoms with Crippen LogP contribution in [0.5, 0.6) is 5.75 Å². The van der Waals surface area contributed by atoms with Gasteiger partial charge in [-0.25, -0.2) is 9.79 Å². The molecule has 1 heterocycles. The average Bonchev–Trinajstić information content (AvgIpc) is 2.63. The number of benzene rings is 1. The van der Waals surface area contributed by atoms with E-state index in [9.17, 15) is 4.79 Å². The summed E-state index contributed by atoms with van der Waals surface area (Å²) in [5.74, 6) is 0.998. The van der Waals surface area contributed by atoms with Crippen molar-refractivity contribution in [1.29, 1.82) is 0 Å². The van der Waals surface area contributed by atoms with Gasteiger partial charge in [-0.2, -0.15) is 4.99 Å². The first-order chi connectivity index (χ1) is 13.0. The van der Waals surface area contributed by atoms with E-state index in [4.69, 9.17) is 20.9 Å². The molecule has 1 aliphatic heterocycles. The van der Waals surface area contributed by atoms with Gasteiger partial charge < -0.3 is 20.9 Å². The van der Waals surface area contributed by atoms with Crippen LogP contribution in [0.1, 0.15) is 39.0 Å². The zero-order valence-corrected chi connectivity index (χ0v) is 15.7. The van der Waals surface area contributed by atoms with E-state index in [0.717, 1.165) is 37.8 Å². The molecule has 146 valence electrons. The van der Waals surface area contributed by atoms with Crippen LogP contribution in [0, 0.1) is 0 Å². The number of nitrogens with one attached hydrogen (secondary N) is 1. The molecule has 1 saturated carbocycles. The number of hydrogen-bond donors (Lipinski definition) is 3. The molecule has 0 bridgehead atoms. The second-order valence-corrected chi connectivity index (χ2v) is 6.55. The molecule has 0 atom stereocenters. The molecule has 3 rings (SSSR count). The van der Waals surface area contributed by atoms with Gasteiger partial charge in [0, 0.05) is 6.07 Å². The molecule has 9 nitrogen and oxygen atoms in total. The highest BCUT2D eigenvalue weighted by Crippen LogP contribution is 2.41. The van der Waals surface area contributed by atoms with Gasteiger partial charge in [0.1, 0.15) is 11.4 Å². The summed E-state index contributed by atoms with van der Waals surface area (Å²) in [6, 6.07) is 5.40. The molecule has 9 heteroatoms. The van der Waals surface area contributed by atoms with Crippen molar-refractivity contribution in [3.05, 3.63) is 18.2 Å². The van der Waals surface area contributed by atoms with Crippen LogP contribution in [-0.2, 0) is 4.74 Å². The highest BCUT2D eigenvalue weighted by molar-refractivity contribution is 6.06. The van der Waals surface area contributed by atoms with E-state index in [2.05, 4.69) is 15.3 Å². The maximum atomic E-state index is 11.7. The first-order valence-corrected chi connectivity index (χ1v) is 9.10. The highest BCUT2D eigenvalue weighted by Gasteiger charge is 2.42. The number of carbonyl (C=O) groups is 1. The van der Waals surface area contributed by atoms with E-state index in [1.165, 1.54) is 7.11 Å². The molecule has 5 N–H and O–H groups in total. The topological polar surface area (TPSA) is 128 Å². The van der Waals surface area contributed by atoms with Crippen molar-refractivity contribution in [3.8, 4) is 5.75 Å². The summed E-state index contributed by atoms with van der Waals surface area (Å²) in [5.41, 5.74) is 12.9. The standard InChI is InChI=1S/C18H26N6O3/c1-3-27-17(25)21-13-8-7-12(11-14(13)26-2)24-16(20)22-15(19)23-18(24)9-5-4-6-10-18/h7-8,11H,3-6,9-10H2,1-2H3,(H,21,25)(H4,19,20,22,23). The molecule has 0 aromatic heterocycles. The number of anilines is 2. The van der Waals surface area contributed by atoms with Crippen LogP contribution in [0.2, 0.25) is 0 Å². The van der Waals surface area contributed by atoms with Crippen molar-refractivity contribution < 1.29 is 14.3 Å². The van der Waals surface area contributed by atoms with Crippen LogP contribution in [0.3, 0.4) is 0 Å². The number of hydrogen-bond acceptors (Lipinski definition) is 8. The normalized spacial score (nSPS) is 18.5. The molecule has 1 amide bonds. The number of ether oxygens (including phenoxy) is 2. The Balaban J connectivity index is 1.96. The number of methoxy groups -OCH3 is 1. The van der Waals surface area contributed by atoms with Gasteiger partial charge in [-0.15, -0.1) is 0 Å². The second kappa shape index (κ2) is 7.73. The Bertz CT molecular complexity index is 770. The van der Waals surface area contributed by atoms with Crippen LogP contribution < -0.4 is 26.4 Å². The van der Waals surface area contributed by atoms with Gasteiger partial charge in [-0.1, -0.05) is 6.42 Å². The summed E-state index contributed by atoms with van der Waals surface area (Å²) < 4.78 is 10.4. The number of amides is 1. The number of nitrogens with two attached hydrogens (primary N) is 2. The third kappa shape index (κ3) is 3.76. The lowest BCUT2D eigenvalue weighted by molar-refractivity contribution is 0.168. The lowest BCUT2D eigenvalue weighted by atomic mass is 9.87. The fraction of sp³-hybridized carbons (Fsp3) is 0.500. The van der Waals surface area contributed by atoms with E-state index in [1.54, 1.807) is 19.1 Å². The number of nitrogens with zero attached hydrogens (tertiary/aromatic N) is 3. The largest absolute Gasteiger partial charge is 0.494 e. The molecule has 1 aliphatic carbocycles. The molecule has 1 spiro atoms. The predicted octanol–water partition coefficient (Wildman–Crippen LogP) is 2.37.